The molecule has 1 N–H and O–H groups in total. The summed E-state index contributed by atoms with van der Waals surface area (Å²) in [5, 5.41) is 6.06. The van der Waals surface area contributed by atoms with Crippen LogP contribution in [0.2, 0.25) is 0 Å². The van der Waals surface area contributed by atoms with Gasteiger partial charge in [0.25, 0.3) is 5.71 Å². The van der Waals surface area contributed by atoms with Gasteiger partial charge >= 0.3 is 15.3 Å². The smallest absolute Gasteiger partial charge is 0.469 e. The molecule has 0 aromatic carbocycles. The van der Waals surface area contributed by atoms with Crippen LogP contribution in [0.4, 0.5) is 0 Å². The van der Waals surface area contributed by atoms with Crippen molar-refractivity contribution in [1.82, 2.24) is 5.43 Å². The minimum Gasteiger partial charge on any atom is -0.469 e. The number of nitrogens with one attached hydrogen (secondary N) is 1. The molecule has 0 aromatic rings. The number of amidine groups is 1. The molecule has 1 saturated heterocycles. The summed E-state index contributed by atoms with van der Waals surface area (Å²) < 4.78 is 9.10. The summed E-state index contributed by atoms with van der Waals surface area (Å²) in [4.78, 5) is 4.22. The van der Waals surface area contributed by atoms with Crippen molar-refractivity contribution in [2.45, 2.75) is 18.2 Å². The number of hydrazone groups is 2. The molecule has 1 unspecified atom stereocenters. The molecule has 3 rings (SSSR count). The maximum Gasteiger partial charge on any atom is 0.522 e. The first-order valence-electron chi connectivity index (χ1n) is 5.85. The van der Waals surface area contributed by atoms with Crippen LogP contribution in [0.3, 0.4) is 0 Å². The molecule has 19 heavy (non-hydrogen) atoms. The van der Waals surface area contributed by atoms with Gasteiger partial charge in [-0.3, -0.25) is 4.99 Å². The zero-order chi connectivity index (χ0) is 13.6. The summed E-state index contributed by atoms with van der Waals surface area (Å²) >= 11 is 9.24. The van der Waals surface area contributed by atoms with Crippen molar-refractivity contribution in [1.29, 1.82) is 0 Å². The van der Waals surface area contributed by atoms with Gasteiger partial charge in [0.05, 0.1) is 23.5 Å². The number of nitrogens with zero attached hydrogens (tertiary/aromatic N) is 4. The molecule has 1 atom stereocenters. The van der Waals surface area contributed by atoms with Crippen LogP contribution < -0.4 is 5.43 Å². The third-order valence-electron chi connectivity index (χ3n) is 3.00. The van der Waals surface area contributed by atoms with Gasteiger partial charge in [0.2, 0.25) is 5.17 Å². The van der Waals surface area contributed by atoms with E-state index in [1.165, 1.54) is 0 Å². The van der Waals surface area contributed by atoms with Crippen LogP contribution in [0.5, 0.6) is 0 Å². The van der Waals surface area contributed by atoms with Crippen molar-refractivity contribution >= 4 is 56.9 Å². The fourth-order valence-electron chi connectivity index (χ4n) is 2.13. The second kappa shape index (κ2) is 4.68. The standard InChI is InChI=1S/C10H13ClN5OS2/c1-4-17-9-14-16-7(5-11)6(2)15-10(16,19-9)18-8(12-3)13-15/h4-5H2,1-3H3/q+1/p+1. The number of aliphatic imine (C=N–C) groups is 1. The number of hydrazine groups is 1. The molecule has 9 heteroatoms. The van der Waals surface area contributed by atoms with Gasteiger partial charge in [-0.15, -0.1) is 17.0 Å². The first-order valence-corrected chi connectivity index (χ1v) is 8.02. The van der Waals surface area contributed by atoms with E-state index in [1.54, 1.807) is 30.6 Å². The monoisotopic (exact) mass is 319 g/mol. The van der Waals surface area contributed by atoms with Crippen LogP contribution in [-0.2, 0) is 4.74 Å². The second-order valence-electron chi connectivity index (χ2n) is 4.01. The van der Waals surface area contributed by atoms with Crippen LogP contribution in [0.25, 0.3) is 0 Å². The summed E-state index contributed by atoms with van der Waals surface area (Å²) in [6.07, 6.45) is 0. The first kappa shape index (κ1) is 13.3. The summed E-state index contributed by atoms with van der Waals surface area (Å²) in [7, 11) is 1.77. The Bertz CT molecular complexity index is 570. The van der Waals surface area contributed by atoms with Gasteiger partial charge in [-0.1, -0.05) is 0 Å². The van der Waals surface area contributed by atoms with E-state index in [0.717, 1.165) is 16.6 Å². The van der Waals surface area contributed by atoms with Crippen molar-refractivity contribution in [3.63, 3.8) is 0 Å². The molecule has 3 aliphatic heterocycles. The van der Waals surface area contributed by atoms with Gasteiger partial charge in [-0.25, -0.2) is 0 Å². The topological polar surface area (TPSA) is 52.0 Å². The molecule has 0 saturated carbocycles. The summed E-state index contributed by atoms with van der Waals surface area (Å²) in [6, 6.07) is 0. The molecule has 0 aromatic heterocycles. The minimum absolute atomic E-state index is 0.411. The Morgan fingerprint density at radius 3 is 2.95 bits per heavy atom. The fourth-order valence-corrected chi connectivity index (χ4v) is 5.08. The zero-order valence-corrected chi connectivity index (χ0v) is 13.2. The van der Waals surface area contributed by atoms with Crippen molar-refractivity contribution in [3.8, 4) is 0 Å². The molecule has 102 valence electrons. The highest BCUT2D eigenvalue weighted by molar-refractivity contribution is 8.30. The average Bonchev–Trinajstić information content (AvgIpc) is 2.98. The molecule has 0 aliphatic carbocycles. The van der Waals surface area contributed by atoms with E-state index >= 15 is 0 Å². The Kier molecular flexibility index (Phi) is 3.26. The van der Waals surface area contributed by atoms with E-state index in [9.17, 15) is 0 Å². The molecule has 0 bridgehead atoms. The van der Waals surface area contributed by atoms with E-state index in [1.807, 2.05) is 18.5 Å². The molecule has 3 heterocycles. The molecule has 0 radical (unpaired) electrons. The molecular weight excluding hydrogens is 306 g/mol. The van der Waals surface area contributed by atoms with Gasteiger partial charge in [-0.2, -0.15) is 0 Å². The van der Waals surface area contributed by atoms with Gasteiger partial charge in [0, 0.05) is 18.7 Å². The average molecular weight is 320 g/mol. The summed E-state index contributed by atoms with van der Waals surface area (Å²) in [5.41, 5.74) is 5.33. The number of hydrogen-bond acceptors (Lipinski definition) is 5. The number of rotatable bonds is 2. The predicted octanol–water partition coefficient (Wildman–Crippen LogP) is 1.07. The number of thioether (sulfide) groups is 2. The van der Waals surface area contributed by atoms with Gasteiger partial charge in [-0.05, 0) is 11.6 Å². The Morgan fingerprint density at radius 1 is 1.53 bits per heavy atom. The van der Waals surface area contributed by atoms with Crippen molar-refractivity contribution in [2.75, 3.05) is 19.5 Å². The Morgan fingerprint density at radius 2 is 2.32 bits per heavy atom. The highest BCUT2D eigenvalue weighted by atomic mass is 35.5. The Hall–Kier alpha value is -0.730. The van der Waals surface area contributed by atoms with E-state index < -0.39 is 4.33 Å². The number of hydrogen-bond donors (Lipinski definition) is 1. The highest BCUT2D eigenvalue weighted by Crippen LogP contribution is 2.49. The molecule has 1 spiro atoms. The first-order chi connectivity index (χ1) is 9.16. The largest absolute Gasteiger partial charge is 0.522 e. The Labute approximate surface area is 124 Å². The Balaban J connectivity index is 2.08. The lowest BCUT2D eigenvalue weighted by Gasteiger charge is -2.02. The van der Waals surface area contributed by atoms with Crippen LogP contribution in [0.1, 0.15) is 13.8 Å². The summed E-state index contributed by atoms with van der Waals surface area (Å²) in [6.45, 7) is 4.58. The molecule has 1 fully saturated rings. The van der Waals surface area contributed by atoms with E-state index in [4.69, 9.17) is 16.3 Å². The number of ether oxygens (including phenoxy) is 1. The van der Waals surface area contributed by atoms with Gasteiger partial charge in [0.15, 0.2) is 0 Å². The normalized spacial score (nSPS) is 30.7. The SMILES string of the molecule is CCOC1=N[N+]2=C(CCl)C(C)=[N+]3NC(=NC)SC23S1. The van der Waals surface area contributed by atoms with Gasteiger partial charge in [0.1, 0.15) is 17.6 Å². The molecule has 3 aliphatic rings. The second-order valence-corrected chi connectivity index (χ2v) is 6.81. The van der Waals surface area contributed by atoms with Crippen LogP contribution in [0.15, 0.2) is 10.1 Å². The van der Waals surface area contributed by atoms with Crippen molar-refractivity contribution < 1.29 is 14.1 Å². The molecule has 6 nitrogen and oxygen atoms in total. The fraction of sp³-hybridized carbons (Fsp3) is 0.600. The number of halogens is 1. The van der Waals surface area contributed by atoms with E-state index in [2.05, 4.69) is 20.2 Å². The number of alkyl halides is 1. The van der Waals surface area contributed by atoms with Crippen LogP contribution >= 0.6 is 35.1 Å². The third kappa shape index (κ3) is 1.73. The van der Waals surface area contributed by atoms with Crippen molar-refractivity contribution in [3.05, 3.63) is 0 Å². The lowest BCUT2D eigenvalue weighted by molar-refractivity contribution is -0.766. The quantitative estimate of drug-likeness (QED) is 0.611. The lowest BCUT2D eigenvalue weighted by Crippen LogP contribution is -2.39. The third-order valence-corrected chi connectivity index (χ3v) is 5.83. The lowest BCUT2D eigenvalue weighted by atomic mass is 10.3. The predicted molar refractivity (Wildman–Crippen MR) is 80.4 cm³/mol. The maximum atomic E-state index is 6.06. The maximum absolute atomic E-state index is 6.06. The molecule has 0 amide bonds. The molecular formula is C10H14ClN5OS2+2. The summed E-state index contributed by atoms with van der Waals surface area (Å²) in [5.74, 6) is 0.411. The van der Waals surface area contributed by atoms with Crippen LogP contribution in [-0.4, -0.2) is 55.1 Å². The zero-order valence-electron chi connectivity index (χ0n) is 10.8. The van der Waals surface area contributed by atoms with Crippen LogP contribution in [0, 0.1) is 0 Å². The minimum atomic E-state index is -0.423. The van der Waals surface area contributed by atoms with E-state index in [0.29, 0.717) is 17.7 Å². The van der Waals surface area contributed by atoms with Gasteiger partial charge < -0.3 is 4.74 Å². The van der Waals surface area contributed by atoms with Crippen molar-refractivity contribution in [2.24, 2.45) is 10.1 Å². The van der Waals surface area contributed by atoms with E-state index in [-0.39, 0.29) is 0 Å². The highest BCUT2D eigenvalue weighted by Gasteiger charge is 2.74.